The van der Waals surface area contributed by atoms with E-state index < -0.39 is 0 Å². The Morgan fingerprint density at radius 2 is 2.13 bits per heavy atom. The molecule has 0 aliphatic rings. The SMILES string of the molecule is ClCc1nncn1Cc1ccccc1Br. The van der Waals surface area contributed by atoms with Crippen LogP contribution in [0.1, 0.15) is 11.4 Å². The van der Waals surface area contributed by atoms with Crippen LogP contribution in [0.4, 0.5) is 0 Å². The summed E-state index contributed by atoms with van der Waals surface area (Å²) in [6, 6.07) is 8.06. The van der Waals surface area contributed by atoms with Gasteiger partial charge in [-0.1, -0.05) is 34.1 Å². The van der Waals surface area contributed by atoms with Crippen molar-refractivity contribution < 1.29 is 0 Å². The molecule has 0 atom stereocenters. The first-order valence-corrected chi connectivity index (χ1v) is 5.80. The molecule has 0 bridgehead atoms. The van der Waals surface area contributed by atoms with Gasteiger partial charge in [0.25, 0.3) is 0 Å². The molecule has 0 radical (unpaired) electrons. The molecule has 5 heteroatoms. The number of alkyl halides is 1. The lowest BCUT2D eigenvalue weighted by molar-refractivity contribution is 0.752. The average molecular weight is 287 g/mol. The molecule has 0 aliphatic heterocycles. The molecule has 3 nitrogen and oxygen atoms in total. The Hall–Kier alpha value is -0.870. The minimum Gasteiger partial charge on any atom is -0.312 e. The van der Waals surface area contributed by atoms with E-state index in [0.29, 0.717) is 5.88 Å². The first-order valence-electron chi connectivity index (χ1n) is 4.47. The van der Waals surface area contributed by atoms with Gasteiger partial charge in [-0.2, -0.15) is 0 Å². The number of nitrogens with zero attached hydrogens (tertiary/aromatic N) is 3. The number of rotatable bonds is 3. The number of halogens is 2. The third kappa shape index (κ3) is 2.38. The van der Waals surface area contributed by atoms with E-state index in [2.05, 4.69) is 32.2 Å². The van der Waals surface area contributed by atoms with Gasteiger partial charge in [-0.3, -0.25) is 0 Å². The summed E-state index contributed by atoms with van der Waals surface area (Å²) in [6.45, 7) is 0.733. The van der Waals surface area contributed by atoms with E-state index in [9.17, 15) is 0 Å². The van der Waals surface area contributed by atoms with Crippen molar-refractivity contribution in [3.05, 3.63) is 46.5 Å². The highest BCUT2D eigenvalue weighted by Gasteiger charge is 2.04. The second-order valence-corrected chi connectivity index (χ2v) is 4.22. The van der Waals surface area contributed by atoms with Crippen molar-refractivity contribution in [3.63, 3.8) is 0 Å². The maximum absolute atomic E-state index is 5.74. The Kier molecular flexibility index (Phi) is 3.38. The van der Waals surface area contributed by atoms with E-state index in [1.807, 2.05) is 22.8 Å². The predicted molar refractivity (Wildman–Crippen MR) is 62.8 cm³/mol. The fraction of sp³-hybridized carbons (Fsp3) is 0.200. The van der Waals surface area contributed by atoms with E-state index in [1.54, 1.807) is 6.33 Å². The van der Waals surface area contributed by atoms with Crippen molar-refractivity contribution >= 4 is 27.5 Å². The lowest BCUT2D eigenvalue weighted by Crippen LogP contribution is -2.03. The van der Waals surface area contributed by atoms with Crippen molar-refractivity contribution in [1.82, 2.24) is 14.8 Å². The van der Waals surface area contributed by atoms with Gasteiger partial charge in [-0.15, -0.1) is 21.8 Å². The van der Waals surface area contributed by atoms with E-state index in [4.69, 9.17) is 11.6 Å². The molecule has 0 spiro atoms. The van der Waals surface area contributed by atoms with Crippen molar-refractivity contribution in [1.29, 1.82) is 0 Å². The summed E-state index contributed by atoms with van der Waals surface area (Å²) in [6.07, 6.45) is 1.69. The van der Waals surface area contributed by atoms with Gasteiger partial charge in [-0.25, -0.2) is 0 Å². The molecule has 1 aromatic carbocycles. The molecule has 2 rings (SSSR count). The lowest BCUT2D eigenvalue weighted by Gasteiger charge is -2.06. The Morgan fingerprint density at radius 3 is 2.87 bits per heavy atom. The van der Waals surface area contributed by atoms with Crippen molar-refractivity contribution in [3.8, 4) is 0 Å². The topological polar surface area (TPSA) is 30.7 Å². The standard InChI is InChI=1S/C10H9BrClN3/c11-9-4-2-1-3-8(9)6-15-7-13-14-10(15)5-12/h1-4,7H,5-6H2. The Balaban J connectivity index is 2.26. The van der Waals surface area contributed by atoms with Gasteiger partial charge >= 0.3 is 0 Å². The van der Waals surface area contributed by atoms with Gasteiger partial charge in [0, 0.05) is 4.47 Å². The molecular formula is C10H9BrClN3. The van der Waals surface area contributed by atoms with Crippen LogP contribution in [0.15, 0.2) is 35.1 Å². The zero-order valence-corrected chi connectivity index (χ0v) is 10.2. The van der Waals surface area contributed by atoms with Gasteiger partial charge in [0.05, 0.1) is 12.4 Å². The monoisotopic (exact) mass is 285 g/mol. The van der Waals surface area contributed by atoms with Gasteiger partial charge in [-0.05, 0) is 11.6 Å². The third-order valence-corrected chi connectivity index (χ3v) is 3.13. The number of hydrogen-bond donors (Lipinski definition) is 0. The molecule has 0 fully saturated rings. The molecule has 78 valence electrons. The van der Waals surface area contributed by atoms with Crippen LogP contribution in [-0.2, 0) is 12.4 Å². The van der Waals surface area contributed by atoms with Crippen LogP contribution in [0.5, 0.6) is 0 Å². The normalized spacial score (nSPS) is 10.5. The molecule has 1 aromatic heterocycles. The second kappa shape index (κ2) is 4.77. The maximum atomic E-state index is 5.74. The zero-order chi connectivity index (χ0) is 10.7. The summed E-state index contributed by atoms with van der Waals surface area (Å²) in [5.41, 5.74) is 1.18. The van der Waals surface area contributed by atoms with Crippen LogP contribution < -0.4 is 0 Å². The van der Waals surface area contributed by atoms with Gasteiger partial charge < -0.3 is 4.57 Å². The molecular weight excluding hydrogens is 277 g/mol. The maximum Gasteiger partial charge on any atom is 0.148 e. The Morgan fingerprint density at radius 1 is 1.33 bits per heavy atom. The molecule has 1 heterocycles. The van der Waals surface area contributed by atoms with Crippen molar-refractivity contribution in [2.45, 2.75) is 12.4 Å². The summed E-state index contributed by atoms with van der Waals surface area (Å²) in [5, 5.41) is 7.76. The van der Waals surface area contributed by atoms with Crippen LogP contribution in [0, 0.1) is 0 Å². The summed E-state index contributed by atoms with van der Waals surface area (Å²) in [4.78, 5) is 0. The molecule has 0 N–H and O–H groups in total. The molecule has 0 saturated heterocycles. The van der Waals surface area contributed by atoms with Crippen LogP contribution in [0.25, 0.3) is 0 Å². The van der Waals surface area contributed by atoms with E-state index in [0.717, 1.165) is 16.8 Å². The highest BCUT2D eigenvalue weighted by atomic mass is 79.9. The van der Waals surface area contributed by atoms with E-state index in [1.165, 1.54) is 5.56 Å². The van der Waals surface area contributed by atoms with Gasteiger partial charge in [0.15, 0.2) is 0 Å². The lowest BCUT2D eigenvalue weighted by atomic mass is 10.2. The van der Waals surface area contributed by atoms with Crippen LogP contribution in [0.2, 0.25) is 0 Å². The molecule has 2 aromatic rings. The fourth-order valence-electron chi connectivity index (χ4n) is 1.32. The highest BCUT2D eigenvalue weighted by Crippen LogP contribution is 2.17. The van der Waals surface area contributed by atoms with Crippen LogP contribution >= 0.6 is 27.5 Å². The van der Waals surface area contributed by atoms with Gasteiger partial charge in [0.1, 0.15) is 12.2 Å². The first kappa shape index (κ1) is 10.6. The number of hydrogen-bond acceptors (Lipinski definition) is 2. The minimum atomic E-state index is 0.379. The second-order valence-electron chi connectivity index (χ2n) is 3.10. The van der Waals surface area contributed by atoms with Crippen LogP contribution in [-0.4, -0.2) is 14.8 Å². The van der Waals surface area contributed by atoms with Crippen molar-refractivity contribution in [2.24, 2.45) is 0 Å². The van der Waals surface area contributed by atoms with Crippen molar-refractivity contribution in [2.75, 3.05) is 0 Å². The average Bonchev–Trinajstić information content (AvgIpc) is 2.69. The Labute approximate surface area is 101 Å². The summed E-state index contributed by atoms with van der Waals surface area (Å²) in [5.74, 6) is 1.16. The molecule has 0 saturated carbocycles. The van der Waals surface area contributed by atoms with E-state index in [-0.39, 0.29) is 0 Å². The third-order valence-electron chi connectivity index (χ3n) is 2.11. The highest BCUT2D eigenvalue weighted by molar-refractivity contribution is 9.10. The predicted octanol–water partition coefficient (Wildman–Crippen LogP) is 2.83. The summed E-state index contributed by atoms with van der Waals surface area (Å²) in [7, 11) is 0. The molecule has 0 unspecified atom stereocenters. The molecule has 15 heavy (non-hydrogen) atoms. The summed E-state index contributed by atoms with van der Waals surface area (Å²) < 4.78 is 3.02. The number of aromatic nitrogens is 3. The molecule has 0 amide bonds. The molecule has 0 aliphatic carbocycles. The largest absolute Gasteiger partial charge is 0.312 e. The minimum absolute atomic E-state index is 0.379. The smallest absolute Gasteiger partial charge is 0.148 e. The first-order chi connectivity index (χ1) is 7.31. The Bertz CT molecular complexity index is 455. The quantitative estimate of drug-likeness (QED) is 0.812. The summed E-state index contributed by atoms with van der Waals surface area (Å²) >= 11 is 9.25. The van der Waals surface area contributed by atoms with Gasteiger partial charge in [0.2, 0.25) is 0 Å². The number of benzene rings is 1. The fourth-order valence-corrected chi connectivity index (χ4v) is 1.94. The zero-order valence-electron chi connectivity index (χ0n) is 7.90. The van der Waals surface area contributed by atoms with Crippen LogP contribution in [0.3, 0.4) is 0 Å². The van der Waals surface area contributed by atoms with E-state index >= 15 is 0 Å².